The van der Waals surface area contributed by atoms with Crippen LogP contribution in [0.1, 0.15) is 21.6 Å². The van der Waals surface area contributed by atoms with Crippen molar-refractivity contribution in [3.05, 3.63) is 76.4 Å². The van der Waals surface area contributed by atoms with E-state index in [9.17, 15) is 4.79 Å². The first-order valence-electron chi connectivity index (χ1n) is 8.73. The minimum absolute atomic E-state index is 0.0511. The maximum absolute atomic E-state index is 13.0. The summed E-state index contributed by atoms with van der Waals surface area (Å²) in [4.78, 5) is 22.4. The highest BCUT2D eigenvalue weighted by Crippen LogP contribution is 2.32. The molecule has 0 radical (unpaired) electrons. The van der Waals surface area contributed by atoms with Crippen molar-refractivity contribution in [2.24, 2.45) is 0 Å². The summed E-state index contributed by atoms with van der Waals surface area (Å²) in [5.74, 6) is 0.0511. The Morgan fingerprint density at radius 2 is 2.00 bits per heavy atom. The van der Waals surface area contributed by atoms with Gasteiger partial charge in [0.25, 0.3) is 5.91 Å². The maximum atomic E-state index is 13.0. The monoisotopic (exact) mass is 421 g/mol. The highest BCUT2D eigenvalue weighted by Gasteiger charge is 2.25. The molecular formula is C20H16BrN5O. The predicted molar refractivity (Wildman–Crippen MR) is 106 cm³/mol. The van der Waals surface area contributed by atoms with Gasteiger partial charge in [0.15, 0.2) is 0 Å². The largest absolute Gasteiger partial charge is 0.357 e. The third-order valence-electron chi connectivity index (χ3n) is 5.04. The van der Waals surface area contributed by atoms with Crippen LogP contribution in [0.3, 0.4) is 0 Å². The number of nitrogens with one attached hydrogen (secondary N) is 1. The van der Waals surface area contributed by atoms with Crippen molar-refractivity contribution in [1.82, 2.24) is 24.6 Å². The molecule has 0 bridgehead atoms. The Morgan fingerprint density at radius 1 is 1.15 bits per heavy atom. The lowest BCUT2D eigenvalue weighted by molar-refractivity contribution is 0.0735. The van der Waals surface area contributed by atoms with Crippen molar-refractivity contribution >= 4 is 32.7 Å². The van der Waals surface area contributed by atoms with E-state index in [2.05, 4.69) is 37.1 Å². The molecule has 4 aromatic rings. The van der Waals surface area contributed by atoms with Crippen LogP contribution in [-0.4, -0.2) is 37.1 Å². The Morgan fingerprint density at radius 3 is 2.78 bits per heavy atom. The second-order valence-corrected chi connectivity index (χ2v) is 7.46. The van der Waals surface area contributed by atoms with Gasteiger partial charge in [-0.1, -0.05) is 12.1 Å². The minimum atomic E-state index is 0.0511. The average Bonchev–Trinajstić information content (AvgIpc) is 3.36. The van der Waals surface area contributed by atoms with Crippen LogP contribution in [0.25, 0.3) is 16.6 Å². The highest BCUT2D eigenvalue weighted by atomic mass is 79.9. The van der Waals surface area contributed by atoms with Gasteiger partial charge in [0, 0.05) is 46.2 Å². The van der Waals surface area contributed by atoms with Crippen LogP contribution in [0.4, 0.5) is 0 Å². The van der Waals surface area contributed by atoms with Gasteiger partial charge in [0.2, 0.25) is 0 Å². The second-order valence-electron chi connectivity index (χ2n) is 6.61. The first-order valence-corrected chi connectivity index (χ1v) is 9.52. The number of nitrogens with zero attached hydrogens (tertiary/aromatic N) is 4. The van der Waals surface area contributed by atoms with E-state index >= 15 is 0 Å². The van der Waals surface area contributed by atoms with E-state index in [1.54, 1.807) is 11.0 Å². The fraction of sp³-hybridized carbons (Fsp3) is 0.150. The Labute approximate surface area is 164 Å². The van der Waals surface area contributed by atoms with Crippen molar-refractivity contribution in [3.8, 4) is 5.69 Å². The summed E-state index contributed by atoms with van der Waals surface area (Å²) in [7, 11) is 0. The normalized spacial score (nSPS) is 13.7. The Hall–Kier alpha value is -2.93. The molecule has 1 N–H and O–H groups in total. The lowest BCUT2D eigenvalue weighted by Gasteiger charge is -2.27. The number of carbonyl (C=O) groups excluding carboxylic acids is 1. The van der Waals surface area contributed by atoms with Crippen molar-refractivity contribution in [3.63, 3.8) is 0 Å². The van der Waals surface area contributed by atoms with Gasteiger partial charge in [-0.2, -0.15) is 5.10 Å². The van der Waals surface area contributed by atoms with E-state index in [4.69, 9.17) is 0 Å². The fourth-order valence-electron chi connectivity index (χ4n) is 3.66. The molecule has 1 amide bonds. The van der Waals surface area contributed by atoms with Crippen molar-refractivity contribution < 1.29 is 4.79 Å². The van der Waals surface area contributed by atoms with E-state index < -0.39 is 0 Å². The molecule has 0 unspecified atom stereocenters. The third kappa shape index (κ3) is 2.75. The molecule has 0 spiro atoms. The summed E-state index contributed by atoms with van der Waals surface area (Å²) in [5.41, 5.74) is 5.11. The van der Waals surface area contributed by atoms with Crippen LogP contribution in [-0.2, 0) is 13.0 Å². The van der Waals surface area contributed by atoms with Gasteiger partial charge < -0.3 is 9.88 Å². The molecule has 0 aliphatic carbocycles. The van der Waals surface area contributed by atoms with Gasteiger partial charge in [-0.05, 0) is 46.3 Å². The number of hydrogen-bond acceptors (Lipinski definition) is 3. The maximum Gasteiger partial charge on any atom is 0.254 e. The molecule has 0 saturated carbocycles. The molecule has 27 heavy (non-hydrogen) atoms. The molecule has 6 nitrogen and oxygen atoms in total. The quantitative estimate of drug-likeness (QED) is 0.536. The van der Waals surface area contributed by atoms with Crippen molar-refractivity contribution in [2.75, 3.05) is 6.54 Å². The van der Waals surface area contributed by atoms with Crippen LogP contribution >= 0.6 is 15.9 Å². The first-order chi connectivity index (χ1) is 13.2. The standard InChI is InChI=1S/C20H16BrN5O/c21-17-3-1-2-15-16-10-25(9-8-18(16)24-19(15)17)20(27)13-4-6-14(7-5-13)26-12-22-11-23-26/h1-7,11-12,24H,8-10H2. The van der Waals surface area contributed by atoms with E-state index in [1.807, 2.05) is 41.3 Å². The Kier molecular flexibility index (Phi) is 3.82. The number of amides is 1. The van der Waals surface area contributed by atoms with E-state index in [0.717, 1.165) is 22.1 Å². The summed E-state index contributed by atoms with van der Waals surface area (Å²) >= 11 is 3.60. The van der Waals surface area contributed by atoms with Gasteiger partial charge in [0.1, 0.15) is 12.7 Å². The number of para-hydroxylation sites is 1. The number of rotatable bonds is 2. The smallest absolute Gasteiger partial charge is 0.254 e. The molecule has 1 aliphatic heterocycles. The molecule has 5 rings (SSSR count). The van der Waals surface area contributed by atoms with Crippen molar-refractivity contribution in [2.45, 2.75) is 13.0 Å². The molecule has 0 saturated heterocycles. The number of carbonyl (C=O) groups is 1. The predicted octanol–water partition coefficient (Wildman–Crippen LogP) is 3.71. The topological polar surface area (TPSA) is 66.8 Å². The lowest BCUT2D eigenvalue weighted by Crippen LogP contribution is -2.35. The summed E-state index contributed by atoms with van der Waals surface area (Å²) in [6.45, 7) is 1.33. The molecule has 0 atom stereocenters. The number of halogens is 1. The van der Waals surface area contributed by atoms with Gasteiger partial charge in [-0.15, -0.1) is 0 Å². The van der Waals surface area contributed by atoms with E-state index in [0.29, 0.717) is 18.7 Å². The fourth-order valence-corrected chi connectivity index (χ4v) is 4.12. The first kappa shape index (κ1) is 16.3. The second kappa shape index (κ2) is 6.35. The van der Waals surface area contributed by atoms with Crippen molar-refractivity contribution in [1.29, 1.82) is 0 Å². The van der Waals surface area contributed by atoms with Gasteiger partial charge in [0.05, 0.1) is 11.2 Å². The van der Waals surface area contributed by atoms with Crippen LogP contribution in [0.5, 0.6) is 0 Å². The number of aromatic amines is 1. The summed E-state index contributed by atoms with van der Waals surface area (Å²) in [6, 6.07) is 13.6. The van der Waals surface area contributed by atoms with Gasteiger partial charge in [-0.3, -0.25) is 4.79 Å². The molecule has 134 valence electrons. The van der Waals surface area contributed by atoms with Crippen LogP contribution in [0.15, 0.2) is 59.6 Å². The summed E-state index contributed by atoms with van der Waals surface area (Å²) in [5, 5.41) is 5.29. The number of fused-ring (bicyclic) bond motifs is 3. The molecular weight excluding hydrogens is 406 g/mol. The zero-order chi connectivity index (χ0) is 18.4. The molecule has 2 aromatic carbocycles. The molecule has 7 heteroatoms. The van der Waals surface area contributed by atoms with Gasteiger partial charge in [-0.25, -0.2) is 9.67 Å². The van der Waals surface area contributed by atoms with E-state index in [-0.39, 0.29) is 5.91 Å². The van der Waals surface area contributed by atoms with Crippen LogP contribution in [0.2, 0.25) is 0 Å². The molecule has 0 fully saturated rings. The third-order valence-corrected chi connectivity index (χ3v) is 5.71. The SMILES string of the molecule is O=C(c1ccc(-n2cncn2)cc1)N1CCc2[nH]c3c(Br)cccc3c2C1. The van der Waals surface area contributed by atoms with Gasteiger partial charge >= 0.3 is 0 Å². The molecule has 1 aliphatic rings. The molecule has 3 heterocycles. The summed E-state index contributed by atoms with van der Waals surface area (Å²) < 4.78 is 2.72. The van der Waals surface area contributed by atoms with E-state index in [1.165, 1.54) is 23.0 Å². The minimum Gasteiger partial charge on any atom is -0.357 e. The number of aromatic nitrogens is 4. The highest BCUT2D eigenvalue weighted by molar-refractivity contribution is 9.10. The Bertz CT molecular complexity index is 1130. The number of benzene rings is 2. The number of hydrogen-bond donors (Lipinski definition) is 1. The zero-order valence-corrected chi connectivity index (χ0v) is 16.0. The molecule has 2 aromatic heterocycles. The summed E-state index contributed by atoms with van der Waals surface area (Å²) in [6.07, 6.45) is 3.96. The average molecular weight is 422 g/mol. The lowest BCUT2D eigenvalue weighted by atomic mass is 10.0. The Balaban J connectivity index is 1.42. The van der Waals surface area contributed by atoms with Crippen LogP contribution < -0.4 is 0 Å². The van der Waals surface area contributed by atoms with Crippen LogP contribution in [0, 0.1) is 0 Å². The number of H-pyrrole nitrogens is 1. The zero-order valence-electron chi connectivity index (χ0n) is 14.4.